The topological polar surface area (TPSA) is 20.3 Å². The molecule has 0 aromatic rings. The molecular formula is C14H26ClNO. The van der Waals surface area contributed by atoms with E-state index in [0.717, 1.165) is 19.4 Å². The van der Waals surface area contributed by atoms with Crippen LogP contribution in [0.3, 0.4) is 0 Å². The van der Waals surface area contributed by atoms with E-state index < -0.39 is 5.41 Å². The van der Waals surface area contributed by atoms with Crippen LogP contribution in [-0.4, -0.2) is 29.3 Å². The zero-order chi connectivity index (χ0) is 13.1. The number of carbonyl (C=O) groups is 1. The summed E-state index contributed by atoms with van der Waals surface area (Å²) in [5.41, 5.74) is -0.432. The highest BCUT2D eigenvalue weighted by Gasteiger charge is 2.35. The Bertz CT molecular complexity index is 257. The van der Waals surface area contributed by atoms with Gasteiger partial charge in [0.15, 0.2) is 0 Å². The molecule has 0 bridgehead atoms. The molecule has 0 aromatic heterocycles. The lowest BCUT2D eigenvalue weighted by molar-refractivity contribution is -0.142. The molecule has 0 aromatic carbocycles. The van der Waals surface area contributed by atoms with E-state index in [1.165, 1.54) is 12.8 Å². The number of rotatable bonds is 5. The van der Waals surface area contributed by atoms with E-state index in [-0.39, 0.29) is 5.91 Å². The van der Waals surface area contributed by atoms with Crippen molar-refractivity contribution >= 4 is 17.5 Å². The molecule has 17 heavy (non-hydrogen) atoms. The van der Waals surface area contributed by atoms with Crippen LogP contribution in [0.2, 0.25) is 0 Å². The van der Waals surface area contributed by atoms with Gasteiger partial charge in [0.1, 0.15) is 0 Å². The first-order valence-electron chi connectivity index (χ1n) is 6.75. The Morgan fingerprint density at radius 3 is 2.29 bits per heavy atom. The van der Waals surface area contributed by atoms with Crippen LogP contribution in [0.5, 0.6) is 0 Å². The van der Waals surface area contributed by atoms with Crippen molar-refractivity contribution in [2.75, 3.05) is 12.4 Å². The minimum absolute atomic E-state index is 0.230. The largest absolute Gasteiger partial charge is 0.339 e. The molecular weight excluding hydrogens is 234 g/mol. The van der Waals surface area contributed by atoms with E-state index in [2.05, 4.69) is 18.7 Å². The first-order chi connectivity index (χ1) is 7.88. The molecule has 1 aliphatic rings. The van der Waals surface area contributed by atoms with Gasteiger partial charge in [-0.05, 0) is 32.6 Å². The summed E-state index contributed by atoms with van der Waals surface area (Å²) in [6, 6.07) is 0.451. The molecule has 1 saturated carbocycles. The van der Waals surface area contributed by atoms with Gasteiger partial charge >= 0.3 is 0 Å². The summed E-state index contributed by atoms with van der Waals surface area (Å²) in [6.45, 7) is 9.10. The Morgan fingerprint density at radius 1 is 1.35 bits per heavy atom. The van der Waals surface area contributed by atoms with Crippen molar-refractivity contribution in [3.63, 3.8) is 0 Å². The highest BCUT2D eigenvalue weighted by Crippen LogP contribution is 2.29. The van der Waals surface area contributed by atoms with Crippen molar-refractivity contribution < 1.29 is 4.79 Å². The Balaban J connectivity index is 2.78. The lowest BCUT2D eigenvalue weighted by atomic mass is 9.92. The second-order valence-electron chi connectivity index (χ2n) is 6.31. The third kappa shape index (κ3) is 3.87. The van der Waals surface area contributed by atoms with E-state index in [1.807, 2.05) is 13.8 Å². The first kappa shape index (κ1) is 14.8. The Hall–Kier alpha value is -0.240. The van der Waals surface area contributed by atoms with Crippen molar-refractivity contribution in [2.24, 2.45) is 11.3 Å². The molecule has 1 amide bonds. The molecule has 0 saturated heterocycles. The van der Waals surface area contributed by atoms with Crippen LogP contribution in [0.25, 0.3) is 0 Å². The Labute approximate surface area is 111 Å². The fourth-order valence-electron chi connectivity index (χ4n) is 2.45. The van der Waals surface area contributed by atoms with Gasteiger partial charge in [-0.1, -0.05) is 26.7 Å². The molecule has 0 radical (unpaired) electrons. The third-order valence-corrected chi connectivity index (χ3v) is 4.17. The number of amides is 1. The highest BCUT2D eigenvalue weighted by molar-refractivity contribution is 6.19. The van der Waals surface area contributed by atoms with E-state index >= 15 is 0 Å². The minimum Gasteiger partial charge on any atom is -0.339 e. The predicted octanol–water partition coefficient (Wildman–Crippen LogP) is 3.68. The molecule has 0 heterocycles. The first-order valence-corrected chi connectivity index (χ1v) is 7.29. The second kappa shape index (κ2) is 6.08. The molecule has 1 aliphatic carbocycles. The molecule has 1 fully saturated rings. The number of hydrogen-bond acceptors (Lipinski definition) is 1. The highest BCUT2D eigenvalue weighted by atomic mass is 35.5. The molecule has 100 valence electrons. The van der Waals surface area contributed by atoms with Gasteiger partial charge in [-0.2, -0.15) is 0 Å². The van der Waals surface area contributed by atoms with E-state index in [4.69, 9.17) is 11.6 Å². The smallest absolute Gasteiger partial charge is 0.229 e. The van der Waals surface area contributed by atoms with Crippen molar-refractivity contribution in [1.29, 1.82) is 0 Å². The van der Waals surface area contributed by atoms with Gasteiger partial charge < -0.3 is 4.90 Å². The van der Waals surface area contributed by atoms with Crippen LogP contribution in [0.4, 0.5) is 0 Å². The maximum atomic E-state index is 12.6. The third-order valence-electron chi connectivity index (χ3n) is 3.50. The molecule has 2 nitrogen and oxygen atoms in total. The summed E-state index contributed by atoms with van der Waals surface area (Å²) in [4.78, 5) is 14.7. The molecule has 1 rings (SSSR count). The van der Waals surface area contributed by atoms with Gasteiger partial charge in [0, 0.05) is 18.5 Å². The SMILES string of the molecule is CC(C)CN(C(=O)C(C)(C)CCl)C1CCCC1. The number of carbonyl (C=O) groups excluding carboxylic acids is 1. The van der Waals surface area contributed by atoms with Crippen molar-refractivity contribution in [1.82, 2.24) is 4.90 Å². The van der Waals surface area contributed by atoms with E-state index in [0.29, 0.717) is 17.8 Å². The lowest BCUT2D eigenvalue weighted by Crippen LogP contribution is -2.48. The van der Waals surface area contributed by atoms with E-state index in [9.17, 15) is 4.79 Å². The number of alkyl halides is 1. The zero-order valence-corrected chi connectivity index (χ0v) is 12.4. The fourth-order valence-corrected chi connectivity index (χ4v) is 2.57. The minimum atomic E-state index is -0.432. The molecule has 0 aliphatic heterocycles. The summed E-state index contributed by atoms with van der Waals surface area (Å²) in [6.07, 6.45) is 4.84. The monoisotopic (exact) mass is 259 g/mol. The summed E-state index contributed by atoms with van der Waals surface area (Å²) >= 11 is 5.93. The summed E-state index contributed by atoms with van der Waals surface area (Å²) in [7, 11) is 0. The normalized spacial score (nSPS) is 17.8. The number of hydrogen-bond donors (Lipinski definition) is 0. The maximum absolute atomic E-state index is 12.6. The maximum Gasteiger partial charge on any atom is 0.229 e. The average molecular weight is 260 g/mol. The van der Waals surface area contributed by atoms with Crippen LogP contribution < -0.4 is 0 Å². The number of nitrogens with zero attached hydrogens (tertiary/aromatic N) is 1. The average Bonchev–Trinajstić information content (AvgIpc) is 2.77. The van der Waals surface area contributed by atoms with Gasteiger partial charge in [0.2, 0.25) is 5.91 Å². The molecule has 0 atom stereocenters. The van der Waals surface area contributed by atoms with Crippen LogP contribution in [0.15, 0.2) is 0 Å². The molecule has 3 heteroatoms. The zero-order valence-electron chi connectivity index (χ0n) is 11.6. The standard InChI is InChI=1S/C14H26ClNO/c1-11(2)9-16(12-7-5-6-8-12)13(17)14(3,4)10-15/h11-12H,5-10H2,1-4H3. The summed E-state index contributed by atoms with van der Waals surface area (Å²) < 4.78 is 0. The van der Waals surface area contributed by atoms with Crippen molar-refractivity contribution in [3.05, 3.63) is 0 Å². The summed E-state index contributed by atoms with van der Waals surface area (Å²) in [5.74, 6) is 1.14. The summed E-state index contributed by atoms with van der Waals surface area (Å²) in [5, 5.41) is 0. The Kier molecular flexibility index (Phi) is 5.30. The molecule has 0 unspecified atom stereocenters. The van der Waals surface area contributed by atoms with Gasteiger partial charge in [-0.15, -0.1) is 11.6 Å². The van der Waals surface area contributed by atoms with Crippen LogP contribution in [-0.2, 0) is 4.79 Å². The van der Waals surface area contributed by atoms with Gasteiger partial charge in [0.25, 0.3) is 0 Å². The fraction of sp³-hybridized carbons (Fsp3) is 0.929. The van der Waals surface area contributed by atoms with Crippen LogP contribution in [0, 0.1) is 11.3 Å². The van der Waals surface area contributed by atoms with E-state index in [1.54, 1.807) is 0 Å². The number of halogens is 1. The van der Waals surface area contributed by atoms with Crippen LogP contribution in [0.1, 0.15) is 53.4 Å². The van der Waals surface area contributed by atoms with Crippen LogP contribution >= 0.6 is 11.6 Å². The van der Waals surface area contributed by atoms with Gasteiger partial charge in [-0.25, -0.2) is 0 Å². The Morgan fingerprint density at radius 2 is 1.88 bits per heavy atom. The van der Waals surface area contributed by atoms with Gasteiger partial charge in [0.05, 0.1) is 5.41 Å². The second-order valence-corrected chi connectivity index (χ2v) is 6.57. The quantitative estimate of drug-likeness (QED) is 0.690. The van der Waals surface area contributed by atoms with Crippen molar-refractivity contribution in [3.8, 4) is 0 Å². The van der Waals surface area contributed by atoms with Gasteiger partial charge in [-0.3, -0.25) is 4.79 Å². The molecule has 0 N–H and O–H groups in total. The van der Waals surface area contributed by atoms with Crippen molar-refractivity contribution in [2.45, 2.75) is 59.4 Å². The predicted molar refractivity (Wildman–Crippen MR) is 73.3 cm³/mol. The molecule has 0 spiro atoms. The lowest BCUT2D eigenvalue weighted by Gasteiger charge is -2.36.